The van der Waals surface area contributed by atoms with Crippen LogP contribution in [0.2, 0.25) is 0 Å². The molecule has 0 radical (unpaired) electrons. The zero-order valence-electron chi connectivity index (χ0n) is 20.1. The summed E-state index contributed by atoms with van der Waals surface area (Å²) in [6, 6.07) is 16.9. The van der Waals surface area contributed by atoms with Gasteiger partial charge in [-0.15, -0.1) is 0 Å². The summed E-state index contributed by atoms with van der Waals surface area (Å²) in [5.41, 5.74) is 4.35. The van der Waals surface area contributed by atoms with Crippen molar-refractivity contribution in [2.45, 2.75) is 23.4 Å². The molecule has 4 aromatic rings. The summed E-state index contributed by atoms with van der Waals surface area (Å²) < 4.78 is 7.51. The van der Waals surface area contributed by atoms with Crippen LogP contribution in [0.1, 0.15) is 32.0 Å². The number of aromatic nitrogens is 3. The highest BCUT2D eigenvalue weighted by Gasteiger charge is 2.38. The van der Waals surface area contributed by atoms with Gasteiger partial charge in [0.1, 0.15) is 17.4 Å². The Labute approximate surface area is 224 Å². The molecule has 0 aliphatic carbocycles. The van der Waals surface area contributed by atoms with Crippen LogP contribution < -0.4 is 26.8 Å². The van der Waals surface area contributed by atoms with Gasteiger partial charge in [-0.25, -0.2) is 14.9 Å². The van der Waals surface area contributed by atoms with Crippen molar-refractivity contribution in [1.29, 1.82) is 0 Å². The van der Waals surface area contributed by atoms with Gasteiger partial charge < -0.3 is 17.1 Å². The van der Waals surface area contributed by atoms with Crippen molar-refractivity contribution in [2.75, 3.05) is 23.6 Å². The summed E-state index contributed by atoms with van der Waals surface area (Å²) in [7, 11) is 1.66. The number of halogens is 1. The third kappa shape index (κ3) is 4.15. The van der Waals surface area contributed by atoms with Crippen molar-refractivity contribution >= 4 is 40.8 Å². The van der Waals surface area contributed by atoms with E-state index in [1.54, 1.807) is 55.5 Å². The predicted octanol–water partition coefficient (Wildman–Crippen LogP) is 1.13. The monoisotopic (exact) mass is 531 g/mol. The van der Waals surface area contributed by atoms with E-state index < -0.39 is 0 Å². The predicted molar refractivity (Wildman–Crippen MR) is 135 cm³/mol. The fraction of sp³-hybridized carbons (Fsp3) is 0.148. The second kappa shape index (κ2) is 9.93. The van der Waals surface area contributed by atoms with E-state index in [-0.39, 0.29) is 24.2 Å². The largest absolute Gasteiger partial charge is 1.00 e. The first-order valence-corrected chi connectivity index (χ1v) is 12.2. The molecule has 0 spiro atoms. The van der Waals surface area contributed by atoms with Gasteiger partial charge in [-0.1, -0.05) is 30.0 Å². The van der Waals surface area contributed by atoms with Crippen molar-refractivity contribution in [3.63, 3.8) is 0 Å². The van der Waals surface area contributed by atoms with Crippen LogP contribution in [0.4, 0.5) is 17.2 Å². The smallest absolute Gasteiger partial charge is 0.266 e. The van der Waals surface area contributed by atoms with E-state index in [9.17, 15) is 9.59 Å². The van der Waals surface area contributed by atoms with E-state index in [0.717, 1.165) is 32.7 Å². The topological polar surface area (TPSA) is 79.5 Å². The van der Waals surface area contributed by atoms with Crippen LogP contribution in [0.15, 0.2) is 83.1 Å². The van der Waals surface area contributed by atoms with Gasteiger partial charge in [-0.3, -0.25) is 14.5 Å². The number of methoxy groups -OCH3 is 1. The average molecular weight is 532 g/mol. The number of amides is 2. The normalized spacial score (nSPS) is 13.7. The number of ether oxygens (including phenoxy) is 1. The lowest BCUT2D eigenvalue weighted by molar-refractivity contribution is -0.693. The minimum absolute atomic E-state index is 0. The number of carbonyl (C=O) groups excluding carboxylic acids is 2. The molecule has 2 aromatic heterocycles. The molecular formula is C27H22ClN5O3S. The average Bonchev–Trinajstić information content (AvgIpc) is 3.15. The summed E-state index contributed by atoms with van der Waals surface area (Å²) in [6.07, 6.45) is 5.33. The minimum Gasteiger partial charge on any atom is -1.00 e. The molecular weight excluding hydrogens is 510 g/mol. The molecule has 0 saturated heterocycles. The molecule has 2 aliphatic rings. The Bertz CT molecular complexity index is 1510. The standard InChI is InChI=1S/C27H22N5O3S.ClH/c1-17-21(32-26(33)19-6-3-4-7-20(19)27(32)34)8-5-13-30(17)15-18-9-10-23-22(14-18)31(16-35-2)24-25(36-23)29-12-11-28-24;/h3-14H,15-16H2,1-2H3;1H/q+1;/p-1. The van der Waals surface area contributed by atoms with E-state index in [0.29, 0.717) is 30.1 Å². The Morgan fingerprint density at radius 1 is 0.946 bits per heavy atom. The van der Waals surface area contributed by atoms with Gasteiger partial charge in [0.2, 0.25) is 5.69 Å². The van der Waals surface area contributed by atoms with Gasteiger partial charge in [-0.05, 0) is 30.3 Å². The van der Waals surface area contributed by atoms with Crippen LogP contribution in [-0.4, -0.2) is 35.6 Å². The van der Waals surface area contributed by atoms with Gasteiger partial charge in [0.15, 0.2) is 18.6 Å². The molecule has 37 heavy (non-hydrogen) atoms. The molecule has 10 heteroatoms. The number of fused-ring (bicyclic) bond motifs is 3. The fourth-order valence-electron chi connectivity index (χ4n) is 4.64. The Kier molecular flexibility index (Phi) is 6.68. The van der Waals surface area contributed by atoms with Gasteiger partial charge in [0.05, 0.1) is 16.8 Å². The zero-order chi connectivity index (χ0) is 24.8. The molecule has 0 unspecified atom stereocenters. The number of pyridine rings is 1. The van der Waals surface area contributed by atoms with E-state index in [1.807, 2.05) is 34.7 Å². The highest BCUT2D eigenvalue weighted by Crippen LogP contribution is 2.46. The summed E-state index contributed by atoms with van der Waals surface area (Å²) in [6.45, 7) is 2.84. The third-order valence-electron chi connectivity index (χ3n) is 6.39. The molecule has 0 fully saturated rings. The molecule has 4 heterocycles. The molecule has 0 N–H and O–H groups in total. The molecule has 2 amide bonds. The van der Waals surface area contributed by atoms with Crippen LogP contribution in [-0.2, 0) is 11.3 Å². The van der Waals surface area contributed by atoms with Crippen LogP contribution in [0, 0.1) is 6.92 Å². The van der Waals surface area contributed by atoms with Gasteiger partial charge in [0, 0.05) is 43.0 Å². The number of nitrogens with zero attached hydrogens (tertiary/aromatic N) is 5. The van der Waals surface area contributed by atoms with Crippen LogP contribution in [0.5, 0.6) is 0 Å². The van der Waals surface area contributed by atoms with Crippen molar-refractivity contribution in [1.82, 2.24) is 9.97 Å². The maximum Gasteiger partial charge on any atom is 0.266 e. The molecule has 0 bridgehead atoms. The summed E-state index contributed by atoms with van der Waals surface area (Å²) in [5, 5.41) is 0.841. The van der Waals surface area contributed by atoms with E-state index >= 15 is 0 Å². The lowest BCUT2D eigenvalue weighted by Gasteiger charge is -2.30. The maximum atomic E-state index is 13.1. The van der Waals surface area contributed by atoms with E-state index in [2.05, 4.69) is 28.2 Å². The van der Waals surface area contributed by atoms with Crippen LogP contribution in [0.25, 0.3) is 0 Å². The number of carbonyl (C=O) groups is 2. The number of anilines is 3. The molecule has 186 valence electrons. The lowest BCUT2D eigenvalue weighted by atomic mass is 10.1. The minimum atomic E-state index is -0.294. The highest BCUT2D eigenvalue weighted by atomic mass is 35.5. The maximum absolute atomic E-state index is 13.1. The molecule has 0 atom stereocenters. The summed E-state index contributed by atoms with van der Waals surface area (Å²) >= 11 is 1.58. The Morgan fingerprint density at radius 3 is 2.41 bits per heavy atom. The van der Waals surface area contributed by atoms with Crippen LogP contribution in [0.3, 0.4) is 0 Å². The summed E-state index contributed by atoms with van der Waals surface area (Å²) in [5.74, 6) is 0.180. The van der Waals surface area contributed by atoms with E-state index in [4.69, 9.17) is 4.74 Å². The van der Waals surface area contributed by atoms with Crippen molar-refractivity contribution in [2.24, 2.45) is 0 Å². The first-order valence-electron chi connectivity index (χ1n) is 11.4. The van der Waals surface area contributed by atoms with Crippen molar-refractivity contribution in [3.8, 4) is 0 Å². The number of imide groups is 1. The zero-order valence-corrected chi connectivity index (χ0v) is 21.7. The Hall–Kier alpha value is -3.79. The van der Waals surface area contributed by atoms with Gasteiger partial charge in [-0.2, -0.15) is 4.57 Å². The first-order chi connectivity index (χ1) is 17.6. The molecule has 6 rings (SSSR count). The lowest BCUT2D eigenvalue weighted by Crippen LogP contribution is -3.00. The second-order valence-corrected chi connectivity index (χ2v) is 9.56. The highest BCUT2D eigenvalue weighted by molar-refractivity contribution is 7.99. The third-order valence-corrected chi connectivity index (χ3v) is 7.44. The van der Waals surface area contributed by atoms with Crippen molar-refractivity contribution < 1.29 is 31.3 Å². The van der Waals surface area contributed by atoms with Crippen LogP contribution >= 0.6 is 11.8 Å². The number of rotatable bonds is 5. The second-order valence-electron chi connectivity index (χ2n) is 8.53. The quantitative estimate of drug-likeness (QED) is 0.282. The van der Waals surface area contributed by atoms with Crippen molar-refractivity contribution in [3.05, 3.63) is 95.6 Å². The molecule has 0 saturated carbocycles. The Balaban J connectivity index is 0.00000280. The van der Waals surface area contributed by atoms with Gasteiger partial charge in [0.25, 0.3) is 11.8 Å². The molecule has 2 aromatic carbocycles. The Morgan fingerprint density at radius 2 is 1.68 bits per heavy atom. The number of hydrogen-bond donors (Lipinski definition) is 0. The first kappa shape index (κ1) is 24.9. The number of hydrogen-bond acceptors (Lipinski definition) is 7. The summed E-state index contributed by atoms with van der Waals surface area (Å²) in [4.78, 5) is 39.5. The molecule has 8 nitrogen and oxygen atoms in total. The molecule has 2 aliphatic heterocycles. The van der Waals surface area contributed by atoms with Gasteiger partial charge >= 0.3 is 0 Å². The SMILES string of the molecule is COCN1c2cc(C[n+]3cccc(N4C(=O)c5ccccc5C4=O)c3C)ccc2Sc2nccnc21.[Cl-]. The number of benzene rings is 2. The van der Waals surface area contributed by atoms with E-state index in [1.165, 1.54) is 4.90 Å². The fourth-order valence-corrected chi connectivity index (χ4v) is 5.63.